The van der Waals surface area contributed by atoms with Gasteiger partial charge in [-0.3, -0.25) is 9.59 Å². The summed E-state index contributed by atoms with van der Waals surface area (Å²) < 4.78 is 0. The van der Waals surface area contributed by atoms with Crippen molar-refractivity contribution >= 4 is 18.1 Å². The monoisotopic (exact) mass is 895 g/mol. The molecule has 7 nitrogen and oxygen atoms in total. The van der Waals surface area contributed by atoms with E-state index in [0.29, 0.717) is 55.9 Å². The van der Waals surface area contributed by atoms with Gasteiger partial charge in [0, 0.05) is 13.0 Å². The summed E-state index contributed by atoms with van der Waals surface area (Å²) >= 11 is 0. The summed E-state index contributed by atoms with van der Waals surface area (Å²) in [4.78, 5) is 39.8. The molecule has 0 aromatic carbocycles. The number of aliphatic hydroxyl groups is 2. The number of nitrogens with one attached hydrogen (secondary N) is 2. The highest BCUT2D eigenvalue weighted by Crippen LogP contribution is 2.75. The van der Waals surface area contributed by atoms with Crippen LogP contribution in [-0.4, -0.2) is 53.1 Å². The van der Waals surface area contributed by atoms with Gasteiger partial charge in [0.25, 0.3) is 0 Å². The van der Waals surface area contributed by atoms with Crippen molar-refractivity contribution < 1.29 is 24.6 Å². The van der Waals surface area contributed by atoms with Crippen LogP contribution in [0.5, 0.6) is 0 Å². The molecule has 0 spiro atoms. The first-order valence-electron chi connectivity index (χ1n) is 26.0. The van der Waals surface area contributed by atoms with Crippen LogP contribution in [0.25, 0.3) is 0 Å². The Balaban J connectivity index is 1.05. The summed E-state index contributed by atoms with van der Waals surface area (Å²) in [6, 6.07) is -0.543. The minimum Gasteiger partial charge on any atom is -0.390 e. The topological polar surface area (TPSA) is 116 Å². The van der Waals surface area contributed by atoms with E-state index in [9.17, 15) is 24.6 Å². The smallest absolute Gasteiger partial charge is 0.227 e. The van der Waals surface area contributed by atoms with E-state index in [4.69, 9.17) is 0 Å². The van der Waals surface area contributed by atoms with Crippen molar-refractivity contribution in [2.75, 3.05) is 6.54 Å². The van der Waals surface area contributed by atoms with Gasteiger partial charge in [0.1, 0.15) is 6.29 Å². The van der Waals surface area contributed by atoms with Crippen molar-refractivity contribution in [1.29, 1.82) is 0 Å². The zero-order chi connectivity index (χ0) is 47.3. The van der Waals surface area contributed by atoms with Crippen LogP contribution in [0.15, 0.2) is 84.6 Å². The Morgan fingerprint density at radius 1 is 0.769 bits per heavy atom. The first kappa shape index (κ1) is 52.7. The molecule has 4 N–H and O–H groups in total. The molecule has 0 aromatic rings. The summed E-state index contributed by atoms with van der Waals surface area (Å²) in [7, 11) is 0. The van der Waals surface area contributed by atoms with Crippen molar-refractivity contribution in [1.82, 2.24) is 10.6 Å². The van der Waals surface area contributed by atoms with E-state index in [1.165, 1.54) is 5.57 Å². The Kier molecular flexibility index (Phi) is 19.1. The van der Waals surface area contributed by atoms with Crippen LogP contribution < -0.4 is 10.6 Å². The molecule has 7 heteroatoms. The molecule has 5 rings (SSSR count). The molecular formula is C58H90N2O5. The second-order valence-electron chi connectivity index (χ2n) is 22.4. The molecule has 12 atom stereocenters. The summed E-state index contributed by atoms with van der Waals surface area (Å²) in [6.07, 6.45) is 44.6. The molecule has 0 saturated heterocycles. The summed E-state index contributed by atoms with van der Waals surface area (Å²) in [5.41, 5.74) is 0.439. The van der Waals surface area contributed by atoms with E-state index in [-0.39, 0.29) is 39.4 Å². The van der Waals surface area contributed by atoms with Gasteiger partial charge in [0.2, 0.25) is 11.8 Å². The molecule has 5 aliphatic rings. The SMILES string of the molecule is CC/C=C\C/C=C\C/C=C\C/C=C\C/C=C\C/C=C\CCC(=O)NCCCCC(C=O)NC(=O)[C@]12CC[C@@H](C)[C@H](C)[C@H]1C1=CC[C@@H]3[C@@]4(C)C[C@@H](O)[C@H](O)C(C)(C)[C@@H]4CC[C@@]3(C)[C@]1(C)CC2. The van der Waals surface area contributed by atoms with Crippen molar-refractivity contribution in [2.24, 2.45) is 56.7 Å². The quantitative estimate of drug-likeness (QED) is 0.0491. The van der Waals surface area contributed by atoms with E-state index in [1.54, 1.807) is 0 Å². The highest BCUT2D eigenvalue weighted by atomic mass is 16.3. The molecule has 65 heavy (non-hydrogen) atoms. The first-order chi connectivity index (χ1) is 31.0. The van der Waals surface area contributed by atoms with Crippen LogP contribution in [0.4, 0.5) is 0 Å². The maximum atomic E-state index is 14.8. The van der Waals surface area contributed by atoms with Crippen molar-refractivity contribution in [2.45, 2.75) is 196 Å². The fourth-order valence-electron chi connectivity index (χ4n) is 14.2. The number of rotatable bonds is 22. The predicted molar refractivity (Wildman–Crippen MR) is 269 cm³/mol. The fraction of sp³-hybridized carbons (Fsp3) is 0.707. The minimum absolute atomic E-state index is 0.0122. The molecule has 4 fully saturated rings. The third kappa shape index (κ3) is 11.7. The van der Waals surface area contributed by atoms with E-state index in [2.05, 4.69) is 145 Å². The molecule has 362 valence electrons. The van der Waals surface area contributed by atoms with Crippen molar-refractivity contribution in [3.05, 3.63) is 84.6 Å². The van der Waals surface area contributed by atoms with Gasteiger partial charge in [0.15, 0.2) is 0 Å². The van der Waals surface area contributed by atoms with E-state index in [0.717, 1.165) is 103 Å². The highest BCUT2D eigenvalue weighted by molar-refractivity contribution is 5.86. The maximum Gasteiger partial charge on any atom is 0.227 e. The summed E-state index contributed by atoms with van der Waals surface area (Å²) in [5, 5.41) is 28.7. The number of carbonyl (C=O) groups excluding carboxylic acids is 3. The zero-order valence-electron chi connectivity index (χ0n) is 42.0. The fourth-order valence-corrected chi connectivity index (χ4v) is 14.2. The number of allylic oxidation sites excluding steroid dienone is 14. The molecule has 1 unspecified atom stereocenters. The zero-order valence-corrected chi connectivity index (χ0v) is 42.0. The van der Waals surface area contributed by atoms with Crippen LogP contribution in [0, 0.1) is 56.7 Å². The Hall–Kier alpha value is -3.29. The van der Waals surface area contributed by atoms with Gasteiger partial charge >= 0.3 is 0 Å². The molecule has 0 radical (unpaired) electrons. The molecule has 4 saturated carbocycles. The Bertz CT molecular complexity index is 1800. The van der Waals surface area contributed by atoms with Gasteiger partial charge in [-0.1, -0.05) is 140 Å². The van der Waals surface area contributed by atoms with Crippen molar-refractivity contribution in [3.8, 4) is 0 Å². The first-order valence-corrected chi connectivity index (χ1v) is 26.0. The lowest BCUT2D eigenvalue weighted by molar-refractivity contribution is -0.231. The molecule has 0 aromatic heterocycles. The standard InChI is InChI=1S/C58H90N2O5/c1-9-10-11-12-13-14-15-16-17-18-19-20-21-22-23-24-25-26-27-31-50(63)59-40-29-28-30-45(42-61)60-53(65)58-37-34-43(2)44(3)51(58)46-32-33-49-55(6)41-47(62)52(64)54(4,5)48(55)35-36-57(49,8)56(46,7)38-39-58/h10-11,13-14,16-17,19-20,22-23,25-26,32,42-45,47-49,51-52,62,64H,9,12,15,18,21,24,27-31,33-41H2,1-8H3,(H,59,63)(H,60,65)/b11-10-,14-13-,17-16-,20-19-,23-22-,26-25-/t43-,44+,45?,47-,48+,49-,51+,52+,55+,56-,57-,58+/m1/s1. The number of hydrogen-bond acceptors (Lipinski definition) is 5. The van der Waals surface area contributed by atoms with Gasteiger partial charge in [-0.05, 0) is 167 Å². The highest BCUT2D eigenvalue weighted by Gasteiger charge is 2.70. The molecule has 0 aliphatic heterocycles. The molecule has 0 heterocycles. The van der Waals surface area contributed by atoms with Crippen LogP contribution >= 0.6 is 0 Å². The lowest BCUT2D eigenvalue weighted by atomic mass is 9.33. The lowest BCUT2D eigenvalue weighted by Crippen LogP contribution is -2.67. The number of fused-ring (bicyclic) bond motifs is 7. The Morgan fingerprint density at radius 2 is 1.37 bits per heavy atom. The average Bonchev–Trinajstić information content (AvgIpc) is 3.27. The van der Waals surface area contributed by atoms with Crippen LogP contribution in [-0.2, 0) is 14.4 Å². The summed E-state index contributed by atoms with van der Waals surface area (Å²) in [6.45, 7) is 19.2. The van der Waals surface area contributed by atoms with Crippen LogP contribution in [0.2, 0.25) is 0 Å². The number of aliphatic hydroxyl groups excluding tert-OH is 2. The van der Waals surface area contributed by atoms with Crippen LogP contribution in [0.1, 0.15) is 177 Å². The van der Waals surface area contributed by atoms with E-state index >= 15 is 0 Å². The van der Waals surface area contributed by atoms with Gasteiger partial charge in [-0.15, -0.1) is 0 Å². The largest absolute Gasteiger partial charge is 0.390 e. The number of unbranched alkanes of at least 4 members (excludes halogenated alkanes) is 1. The maximum absolute atomic E-state index is 14.8. The Morgan fingerprint density at radius 3 is 1.97 bits per heavy atom. The number of hydrogen-bond donors (Lipinski definition) is 4. The molecule has 0 bridgehead atoms. The summed E-state index contributed by atoms with van der Waals surface area (Å²) in [5.74, 6) is 1.78. The van der Waals surface area contributed by atoms with Gasteiger partial charge in [-0.25, -0.2) is 0 Å². The minimum atomic E-state index is -0.720. The molecule has 5 aliphatic carbocycles. The Labute approximate surface area is 395 Å². The van der Waals surface area contributed by atoms with E-state index in [1.807, 2.05) is 0 Å². The molecule has 2 amide bonds. The predicted octanol–water partition coefficient (Wildman–Crippen LogP) is 12.4. The number of amides is 2. The average molecular weight is 895 g/mol. The van der Waals surface area contributed by atoms with Crippen LogP contribution in [0.3, 0.4) is 0 Å². The second-order valence-corrected chi connectivity index (χ2v) is 22.4. The molecular weight excluding hydrogens is 805 g/mol. The van der Waals surface area contributed by atoms with Gasteiger partial charge < -0.3 is 25.6 Å². The van der Waals surface area contributed by atoms with Gasteiger partial charge in [0.05, 0.1) is 23.7 Å². The number of aldehydes is 1. The number of carbonyl (C=O) groups is 3. The third-order valence-corrected chi connectivity index (χ3v) is 18.3. The van der Waals surface area contributed by atoms with Gasteiger partial charge in [-0.2, -0.15) is 0 Å². The van der Waals surface area contributed by atoms with E-state index < -0.39 is 23.7 Å². The van der Waals surface area contributed by atoms with Crippen molar-refractivity contribution in [3.63, 3.8) is 0 Å². The lowest BCUT2D eigenvalue weighted by Gasteiger charge is -2.71. The second kappa shape index (κ2) is 23.6. The normalized spacial score (nSPS) is 36.2. The third-order valence-electron chi connectivity index (χ3n) is 18.3.